The zero-order valence-electron chi connectivity index (χ0n) is 12.5. The standard InChI is InChI=1S/C15H25N3O/c1-6-15(4,5)18-14(19)12(3)17-11(2)13-8-7-9-16-10-13/h7-12,17H,6H2,1-5H3,(H,18,19)/t11-,12?/m1/s1. The van der Waals surface area contributed by atoms with E-state index in [0.29, 0.717) is 0 Å². The summed E-state index contributed by atoms with van der Waals surface area (Å²) in [6, 6.07) is 3.77. The zero-order chi connectivity index (χ0) is 14.5. The first-order chi connectivity index (χ1) is 8.85. The number of pyridine rings is 1. The molecule has 0 aliphatic carbocycles. The van der Waals surface area contributed by atoms with Crippen molar-refractivity contribution >= 4 is 5.91 Å². The number of nitrogens with zero attached hydrogens (tertiary/aromatic N) is 1. The van der Waals surface area contributed by atoms with E-state index in [2.05, 4.69) is 22.5 Å². The smallest absolute Gasteiger partial charge is 0.237 e. The van der Waals surface area contributed by atoms with E-state index in [1.165, 1.54) is 0 Å². The van der Waals surface area contributed by atoms with Gasteiger partial charge in [-0.15, -0.1) is 0 Å². The van der Waals surface area contributed by atoms with Gasteiger partial charge in [0.1, 0.15) is 0 Å². The van der Waals surface area contributed by atoms with Crippen LogP contribution in [0.2, 0.25) is 0 Å². The molecule has 1 heterocycles. The maximum atomic E-state index is 12.1. The Kier molecular flexibility index (Phi) is 5.48. The van der Waals surface area contributed by atoms with Crippen molar-refractivity contribution < 1.29 is 4.79 Å². The Morgan fingerprint density at radius 2 is 2.11 bits per heavy atom. The van der Waals surface area contributed by atoms with Crippen molar-refractivity contribution in [3.05, 3.63) is 30.1 Å². The predicted molar refractivity (Wildman–Crippen MR) is 77.8 cm³/mol. The largest absolute Gasteiger partial charge is 0.350 e. The van der Waals surface area contributed by atoms with Gasteiger partial charge in [0, 0.05) is 24.0 Å². The molecule has 0 aliphatic rings. The van der Waals surface area contributed by atoms with Crippen LogP contribution >= 0.6 is 0 Å². The van der Waals surface area contributed by atoms with Crippen LogP contribution in [-0.4, -0.2) is 22.5 Å². The van der Waals surface area contributed by atoms with E-state index in [0.717, 1.165) is 12.0 Å². The second-order valence-electron chi connectivity index (χ2n) is 5.62. The SMILES string of the molecule is CCC(C)(C)NC(=O)C(C)N[C@H](C)c1cccnc1. The van der Waals surface area contributed by atoms with E-state index >= 15 is 0 Å². The molecule has 0 saturated carbocycles. The normalized spacial score (nSPS) is 14.8. The van der Waals surface area contributed by atoms with Gasteiger partial charge in [0.25, 0.3) is 0 Å². The molecule has 0 aliphatic heterocycles. The Bertz CT molecular complexity index is 403. The number of nitrogens with one attached hydrogen (secondary N) is 2. The van der Waals surface area contributed by atoms with Crippen LogP contribution in [0.25, 0.3) is 0 Å². The maximum absolute atomic E-state index is 12.1. The molecule has 1 aromatic rings. The lowest BCUT2D eigenvalue weighted by atomic mass is 10.0. The third-order valence-corrected chi connectivity index (χ3v) is 3.42. The third-order valence-electron chi connectivity index (χ3n) is 3.42. The molecule has 1 unspecified atom stereocenters. The summed E-state index contributed by atoms with van der Waals surface area (Å²) in [5.41, 5.74) is 0.918. The van der Waals surface area contributed by atoms with Crippen molar-refractivity contribution in [1.82, 2.24) is 15.6 Å². The second-order valence-corrected chi connectivity index (χ2v) is 5.62. The van der Waals surface area contributed by atoms with Gasteiger partial charge in [0.15, 0.2) is 0 Å². The number of hydrogen-bond donors (Lipinski definition) is 2. The summed E-state index contributed by atoms with van der Waals surface area (Å²) >= 11 is 0. The summed E-state index contributed by atoms with van der Waals surface area (Å²) in [6.07, 6.45) is 4.47. The van der Waals surface area contributed by atoms with Crippen LogP contribution < -0.4 is 10.6 Å². The molecular formula is C15H25N3O. The summed E-state index contributed by atoms with van der Waals surface area (Å²) in [5.74, 6) is 0.0302. The molecule has 0 fully saturated rings. The molecule has 1 amide bonds. The molecule has 19 heavy (non-hydrogen) atoms. The summed E-state index contributed by atoms with van der Waals surface area (Å²) in [4.78, 5) is 16.2. The average Bonchev–Trinajstić information content (AvgIpc) is 2.39. The lowest BCUT2D eigenvalue weighted by Gasteiger charge is -2.28. The van der Waals surface area contributed by atoms with Crippen molar-refractivity contribution in [3.8, 4) is 0 Å². The monoisotopic (exact) mass is 263 g/mol. The van der Waals surface area contributed by atoms with Crippen molar-refractivity contribution in [2.24, 2.45) is 0 Å². The van der Waals surface area contributed by atoms with Crippen molar-refractivity contribution in [2.45, 2.75) is 58.7 Å². The van der Waals surface area contributed by atoms with E-state index in [1.807, 2.05) is 46.0 Å². The van der Waals surface area contributed by atoms with Gasteiger partial charge in [-0.05, 0) is 45.7 Å². The Morgan fingerprint density at radius 1 is 1.42 bits per heavy atom. The Labute approximate surface area is 116 Å². The van der Waals surface area contributed by atoms with Gasteiger partial charge in [0.2, 0.25) is 5.91 Å². The fraction of sp³-hybridized carbons (Fsp3) is 0.600. The fourth-order valence-corrected chi connectivity index (χ4v) is 1.71. The quantitative estimate of drug-likeness (QED) is 0.829. The number of carbonyl (C=O) groups is 1. The highest BCUT2D eigenvalue weighted by Gasteiger charge is 2.22. The first-order valence-electron chi connectivity index (χ1n) is 6.83. The number of amides is 1. The van der Waals surface area contributed by atoms with Crippen LogP contribution in [0.4, 0.5) is 0 Å². The van der Waals surface area contributed by atoms with Crippen LogP contribution in [0.5, 0.6) is 0 Å². The summed E-state index contributed by atoms with van der Waals surface area (Å²) < 4.78 is 0. The molecule has 1 aromatic heterocycles. The molecular weight excluding hydrogens is 238 g/mol. The van der Waals surface area contributed by atoms with Crippen LogP contribution in [0.3, 0.4) is 0 Å². The van der Waals surface area contributed by atoms with Crippen LogP contribution in [0, 0.1) is 0 Å². The van der Waals surface area contributed by atoms with Gasteiger partial charge < -0.3 is 5.32 Å². The Balaban J connectivity index is 2.55. The zero-order valence-corrected chi connectivity index (χ0v) is 12.5. The highest BCUT2D eigenvalue weighted by Crippen LogP contribution is 2.12. The minimum absolute atomic E-state index is 0.0302. The maximum Gasteiger partial charge on any atom is 0.237 e. The summed E-state index contributed by atoms with van der Waals surface area (Å²) in [5, 5.41) is 6.34. The molecule has 1 rings (SSSR count). The van der Waals surface area contributed by atoms with Gasteiger partial charge in [-0.2, -0.15) is 0 Å². The molecule has 106 valence electrons. The van der Waals surface area contributed by atoms with Crippen LogP contribution in [0.1, 0.15) is 52.6 Å². The van der Waals surface area contributed by atoms with Gasteiger partial charge in [-0.25, -0.2) is 0 Å². The summed E-state index contributed by atoms with van der Waals surface area (Å²) in [7, 11) is 0. The van der Waals surface area contributed by atoms with Gasteiger partial charge in [-0.3, -0.25) is 15.1 Å². The van der Waals surface area contributed by atoms with Crippen molar-refractivity contribution in [2.75, 3.05) is 0 Å². The number of rotatable bonds is 6. The van der Waals surface area contributed by atoms with Crippen molar-refractivity contribution in [3.63, 3.8) is 0 Å². The molecule has 0 saturated heterocycles. The molecule has 4 nitrogen and oxygen atoms in total. The molecule has 2 N–H and O–H groups in total. The molecule has 0 aromatic carbocycles. The van der Waals surface area contributed by atoms with E-state index in [4.69, 9.17) is 0 Å². The third kappa shape index (κ3) is 4.99. The first kappa shape index (κ1) is 15.6. The van der Waals surface area contributed by atoms with Gasteiger partial charge >= 0.3 is 0 Å². The lowest BCUT2D eigenvalue weighted by molar-refractivity contribution is -0.124. The minimum atomic E-state index is -0.235. The average molecular weight is 263 g/mol. The molecule has 4 heteroatoms. The Hall–Kier alpha value is -1.42. The van der Waals surface area contributed by atoms with Crippen LogP contribution in [-0.2, 0) is 4.79 Å². The van der Waals surface area contributed by atoms with Crippen LogP contribution in [0.15, 0.2) is 24.5 Å². The number of hydrogen-bond acceptors (Lipinski definition) is 3. The number of aromatic nitrogens is 1. The van der Waals surface area contributed by atoms with E-state index in [1.54, 1.807) is 6.20 Å². The first-order valence-corrected chi connectivity index (χ1v) is 6.83. The molecule has 0 radical (unpaired) electrons. The van der Waals surface area contributed by atoms with Gasteiger partial charge in [-0.1, -0.05) is 13.0 Å². The van der Waals surface area contributed by atoms with E-state index in [9.17, 15) is 4.79 Å². The van der Waals surface area contributed by atoms with E-state index < -0.39 is 0 Å². The molecule has 2 atom stereocenters. The van der Waals surface area contributed by atoms with Crippen molar-refractivity contribution in [1.29, 1.82) is 0 Å². The minimum Gasteiger partial charge on any atom is -0.350 e. The second kappa shape index (κ2) is 6.66. The molecule has 0 bridgehead atoms. The highest BCUT2D eigenvalue weighted by atomic mass is 16.2. The van der Waals surface area contributed by atoms with Gasteiger partial charge in [0.05, 0.1) is 6.04 Å². The number of carbonyl (C=O) groups excluding carboxylic acids is 1. The Morgan fingerprint density at radius 3 is 2.63 bits per heavy atom. The summed E-state index contributed by atoms with van der Waals surface area (Å²) in [6.45, 7) is 10.0. The lowest BCUT2D eigenvalue weighted by Crippen LogP contribution is -2.51. The predicted octanol–water partition coefficient (Wildman–Crippen LogP) is 2.43. The topological polar surface area (TPSA) is 54.0 Å². The highest BCUT2D eigenvalue weighted by molar-refractivity contribution is 5.82. The van der Waals surface area contributed by atoms with E-state index in [-0.39, 0.29) is 23.5 Å². The molecule has 0 spiro atoms. The fourth-order valence-electron chi connectivity index (χ4n) is 1.71.